The van der Waals surface area contributed by atoms with Crippen molar-refractivity contribution in [1.82, 2.24) is 10.6 Å². The third-order valence-electron chi connectivity index (χ3n) is 3.76. The van der Waals surface area contributed by atoms with Gasteiger partial charge in [0, 0.05) is 24.5 Å². The van der Waals surface area contributed by atoms with E-state index in [1.165, 1.54) is 6.07 Å². The predicted molar refractivity (Wildman–Crippen MR) is 93.5 cm³/mol. The van der Waals surface area contributed by atoms with Crippen LogP contribution in [0.5, 0.6) is 0 Å². The number of benzene rings is 2. The van der Waals surface area contributed by atoms with Crippen molar-refractivity contribution >= 4 is 22.8 Å². The molecule has 6 heteroatoms. The lowest BCUT2D eigenvalue weighted by atomic mass is 10.1. The highest BCUT2D eigenvalue weighted by Gasteiger charge is 2.13. The number of carbonyl (C=O) groups is 2. The molecule has 0 radical (unpaired) electrons. The van der Waals surface area contributed by atoms with Crippen molar-refractivity contribution in [3.05, 3.63) is 81.7 Å². The number of para-hydroxylation sites is 1. The highest BCUT2D eigenvalue weighted by Crippen LogP contribution is 2.12. The van der Waals surface area contributed by atoms with Crippen LogP contribution < -0.4 is 16.3 Å². The molecule has 6 nitrogen and oxygen atoms in total. The van der Waals surface area contributed by atoms with Crippen LogP contribution >= 0.6 is 0 Å². The first-order valence-electron chi connectivity index (χ1n) is 7.70. The lowest BCUT2D eigenvalue weighted by Crippen LogP contribution is -2.28. The molecular formula is C19H16N2O4. The van der Waals surface area contributed by atoms with E-state index in [0.29, 0.717) is 16.5 Å². The van der Waals surface area contributed by atoms with Gasteiger partial charge in [-0.1, -0.05) is 30.3 Å². The molecule has 0 fully saturated rings. The molecule has 1 heterocycles. The maximum Gasteiger partial charge on any atom is 0.349 e. The molecule has 0 atom stereocenters. The second kappa shape index (κ2) is 7.00. The number of amides is 2. The van der Waals surface area contributed by atoms with Gasteiger partial charge in [-0.05, 0) is 29.8 Å². The molecule has 3 aromatic rings. The molecule has 25 heavy (non-hydrogen) atoms. The summed E-state index contributed by atoms with van der Waals surface area (Å²) in [7, 11) is 1.55. The summed E-state index contributed by atoms with van der Waals surface area (Å²) in [4.78, 5) is 35.9. The van der Waals surface area contributed by atoms with Crippen LogP contribution in [0.4, 0.5) is 0 Å². The zero-order valence-corrected chi connectivity index (χ0v) is 13.5. The minimum absolute atomic E-state index is 0.0545. The van der Waals surface area contributed by atoms with Gasteiger partial charge in [0.1, 0.15) is 11.1 Å². The van der Waals surface area contributed by atoms with E-state index in [-0.39, 0.29) is 18.0 Å². The van der Waals surface area contributed by atoms with E-state index in [4.69, 9.17) is 4.42 Å². The van der Waals surface area contributed by atoms with Crippen molar-refractivity contribution in [2.75, 3.05) is 7.05 Å². The van der Waals surface area contributed by atoms with Gasteiger partial charge in [-0.15, -0.1) is 0 Å². The number of carbonyl (C=O) groups excluding carboxylic acids is 2. The topological polar surface area (TPSA) is 88.4 Å². The first kappa shape index (κ1) is 16.4. The summed E-state index contributed by atoms with van der Waals surface area (Å²) >= 11 is 0. The van der Waals surface area contributed by atoms with E-state index in [9.17, 15) is 14.4 Å². The van der Waals surface area contributed by atoms with Crippen molar-refractivity contribution in [1.29, 1.82) is 0 Å². The summed E-state index contributed by atoms with van der Waals surface area (Å²) < 4.78 is 5.16. The lowest BCUT2D eigenvalue weighted by molar-refractivity contribution is 0.0945. The van der Waals surface area contributed by atoms with Gasteiger partial charge in [0.2, 0.25) is 0 Å². The second-order valence-electron chi connectivity index (χ2n) is 5.45. The summed E-state index contributed by atoms with van der Waals surface area (Å²) in [5, 5.41) is 5.89. The Morgan fingerprint density at radius 3 is 2.60 bits per heavy atom. The Morgan fingerprint density at radius 1 is 1.00 bits per heavy atom. The van der Waals surface area contributed by atoms with Gasteiger partial charge in [-0.2, -0.15) is 0 Å². The molecule has 1 aromatic heterocycles. The van der Waals surface area contributed by atoms with Crippen molar-refractivity contribution < 1.29 is 14.0 Å². The Hall–Kier alpha value is -3.41. The largest absolute Gasteiger partial charge is 0.422 e. The number of fused-ring (bicyclic) bond motifs is 1. The zero-order chi connectivity index (χ0) is 17.8. The van der Waals surface area contributed by atoms with Gasteiger partial charge >= 0.3 is 5.63 Å². The highest BCUT2D eigenvalue weighted by molar-refractivity contribution is 5.96. The Kier molecular flexibility index (Phi) is 4.61. The molecule has 0 aliphatic heterocycles. The molecule has 0 aliphatic carbocycles. The summed E-state index contributed by atoms with van der Waals surface area (Å²) in [6.07, 6.45) is 0. The smallest absolute Gasteiger partial charge is 0.349 e. The highest BCUT2D eigenvalue weighted by atomic mass is 16.4. The number of nitrogens with one attached hydrogen (secondary N) is 2. The lowest BCUT2D eigenvalue weighted by Gasteiger charge is -2.07. The third-order valence-corrected chi connectivity index (χ3v) is 3.76. The first-order valence-corrected chi connectivity index (χ1v) is 7.70. The normalized spacial score (nSPS) is 10.4. The molecule has 0 saturated carbocycles. The van der Waals surface area contributed by atoms with Crippen molar-refractivity contribution in [2.24, 2.45) is 0 Å². The quantitative estimate of drug-likeness (QED) is 0.714. The number of hydrogen-bond acceptors (Lipinski definition) is 4. The standard InChI is InChI=1S/C19H16N2O4/c1-20-17(22)14-7-4-5-12(9-14)11-21-18(23)15-10-13-6-2-3-8-16(13)25-19(15)24/h2-10H,11H2,1H3,(H,20,22)(H,21,23). The van der Waals surface area contributed by atoms with Gasteiger partial charge in [-0.3, -0.25) is 9.59 Å². The summed E-state index contributed by atoms with van der Waals surface area (Å²) in [6.45, 7) is 0.190. The van der Waals surface area contributed by atoms with E-state index < -0.39 is 11.5 Å². The molecule has 2 amide bonds. The van der Waals surface area contributed by atoms with Crippen LogP contribution in [0, 0.1) is 0 Å². The van der Waals surface area contributed by atoms with E-state index >= 15 is 0 Å². The van der Waals surface area contributed by atoms with E-state index in [1.54, 1.807) is 55.6 Å². The fourth-order valence-corrected chi connectivity index (χ4v) is 2.46. The third kappa shape index (κ3) is 3.58. The molecule has 0 unspecified atom stereocenters. The maximum atomic E-state index is 12.3. The molecule has 3 rings (SSSR count). The van der Waals surface area contributed by atoms with Crippen LogP contribution in [0.3, 0.4) is 0 Å². The van der Waals surface area contributed by atoms with Gasteiger partial charge in [-0.25, -0.2) is 4.79 Å². The summed E-state index contributed by atoms with van der Waals surface area (Å²) in [6, 6.07) is 15.4. The van der Waals surface area contributed by atoms with Gasteiger partial charge in [0.05, 0.1) is 0 Å². The van der Waals surface area contributed by atoms with Crippen molar-refractivity contribution in [2.45, 2.75) is 6.54 Å². The molecule has 0 bridgehead atoms. The van der Waals surface area contributed by atoms with Crippen LogP contribution in [-0.2, 0) is 6.54 Å². The van der Waals surface area contributed by atoms with Gasteiger partial charge < -0.3 is 15.1 Å². The second-order valence-corrected chi connectivity index (χ2v) is 5.45. The first-order chi connectivity index (χ1) is 12.1. The molecular weight excluding hydrogens is 320 g/mol. The molecule has 0 aliphatic rings. The minimum Gasteiger partial charge on any atom is -0.422 e. The molecule has 2 aromatic carbocycles. The number of hydrogen-bond donors (Lipinski definition) is 2. The average Bonchev–Trinajstić information content (AvgIpc) is 2.65. The van der Waals surface area contributed by atoms with Gasteiger partial charge in [0.15, 0.2) is 0 Å². The summed E-state index contributed by atoms with van der Waals surface area (Å²) in [5.41, 5.74) is 0.942. The van der Waals surface area contributed by atoms with Gasteiger partial charge in [0.25, 0.3) is 11.8 Å². The molecule has 0 spiro atoms. The molecule has 126 valence electrons. The van der Waals surface area contributed by atoms with Crippen LogP contribution in [-0.4, -0.2) is 18.9 Å². The maximum absolute atomic E-state index is 12.3. The minimum atomic E-state index is -0.685. The summed E-state index contributed by atoms with van der Waals surface area (Å²) in [5.74, 6) is -0.729. The van der Waals surface area contributed by atoms with Crippen LogP contribution in [0.25, 0.3) is 11.0 Å². The average molecular weight is 336 g/mol. The van der Waals surface area contributed by atoms with Crippen LogP contribution in [0.15, 0.2) is 63.8 Å². The Balaban J connectivity index is 1.78. The van der Waals surface area contributed by atoms with E-state index in [0.717, 1.165) is 5.56 Å². The SMILES string of the molecule is CNC(=O)c1cccc(CNC(=O)c2cc3ccccc3oc2=O)c1. The molecule has 2 N–H and O–H groups in total. The Morgan fingerprint density at radius 2 is 1.80 bits per heavy atom. The fraction of sp³-hybridized carbons (Fsp3) is 0.105. The van der Waals surface area contributed by atoms with Crippen LogP contribution in [0.2, 0.25) is 0 Å². The van der Waals surface area contributed by atoms with Crippen molar-refractivity contribution in [3.8, 4) is 0 Å². The fourth-order valence-electron chi connectivity index (χ4n) is 2.46. The van der Waals surface area contributed by atoms with E-state index in [1.807, 2.05) is 0 Å². The Labute approximate surface area is 143 Å². The molecule has 0 saturated heterocycles. The Bertz CT molecular complexity index is 1010. The zero-order valence-electron chi connectivity index (χ0n) is 13.5. The monoisotopic (exact) mass is 336 g/mol. The van der Waals surface area contributed by atoms with E-state index in [2.05, 4.69) is 10.6 Å². The van der Waals surface area contributed by atoms with Crippen molar-refractivity contribution in [3.63, 3.8) is 0 Å². The van der Waals surface area contributed by atoms with Crippen LogP contribution in [0.1, 0.15) is 26.3 Å². The number of rotatable bonds is 4. The predicted octanol–water partition coefficient (Wildman–Crippen LogP) is 2.08.